The first kappa shape index (κ1) is 25.2. The van der Waals surface area contributed by atoms with Crippen molar-refractivity contribution in [2.24, 2.45) is 0 Å². The van der Waals surface area contributed by atoms with Crippen molar-refractivity contribution in [3.63, 3.8) is 0 Å². The van der Waals surface area contributed by atoms with Crippen molar-refractivity contribution in [3.8, 4) is 11.5 Å². The van der Waals surface area contributed by atoms with Crippen LogP contribution in [0.5, 0.6) is 11.5 Å². The van der Waals surface area contributed by atoms with Gasteiger partial charge in [-0.1, -0.05) is 0 Å². The zero-order valence-electron chi connectivity index (χ0n) is 19.3. The summed E-state index contributed by atoms with van der Waals surface area (Å²) in [7, 11) is -1.36. The van der Waals surface area contributed by atoms with E-state index in [4.69, 9.17) is 29.9 Å². The van der Waals surface area contributed by atoms with Gasteiger partial charge in [-0.25, -0.2) is 0 Å². The predicted molar refractivity (Wildman–Crippen MR) is 128 cm³/mol. The Morgan fingerprint density at radius 2 is 1.84 bits per heavy atom. The summed E-state index contributed by atoms with van der Waals surface area (Å²) in [6.45, 7) is 8.66. The molecule has 1 atom stereocenters. The van der Waals surface area contributed by atoms with Gasteiger partial charge in [-0.15, -0.1) is 0 Å². The number of fused-ring (bicyclic) bond motifs is 1. The Morgan fingerprint density at radius 1 is 1.16 bits per heavy atom. The summed E-state index contributed by atoms with van der Waals surface area (Å²) in [5.41, 5.74) is 3.26. The average molecular weight is 487 g/mol. The number of hydrogen-bond acceptors (Lipinski definition) is 5. The van der Waals surface area contributed by atoms with Crippen molar-refractivity contribution in [1.82, 2.24) is 0 Å². The van der Waals surface area contributed by atoms with Crippen LogP contribution >= 0.6 is 19.5 Å². The fourth-order valence-corrected chi connectivity index (χ4v) is 6.51. The molecule has 1 N–H and O–H groups in total. The van der Waals surface area contributed by atoms with Crippen LogP contribution < -0.4 is 4.74 Å². The number of rotatable bonds is 10. The second-order valence-electron chi connectivity index (χ2n) is 8.20. The average Bonchev–Trinajstić information content (AvgIpc) is 3.16. The molecule has 0 saturated carbocycles. The molecule has 1 aliphatic rings. The standard InChI is InChI=1S/C24H33ClFO5P/c1-6-30-32(28-5,31-7-2)14-29-17-10-16-8-9-18(24(16)21(25)11-17)20-12-19(15(3)4)23(27)13-22(20)26/h10-13,15,18,27,32H,6-9,14H2,1-5H3. The van der Waals surface area contributed by atoms with Crippen LogP contribution in [0.1, 0.15) is 68.2 Å². The van der Waals surface area contributed by atoms with Gasteiger partial charge in [0, 0.05) is 0 Å². The SMILES string of the molecule is CCO[PH](COc1cc(Cl)c2c(c1)CCC2c1cc(C(C)C)c(O)cc1F)(OC)OCC. The minimum absolute atomic E-state index is 0.0105. The van der Waals surface area contributed by atoms with Crippen molar-refractivity contribution in [2.75, 3.05) is 26.7 Å². The number of aromatic hydroxyl groups is 1. The Bertz CT molecular complexity index is 946. The van der Waals surface area contributed by atoms with E-state index in [-0.39, 0.29) is 23.9 Å². The van der Waals surface area contributed by atoms with Gasteiger partial charge in [0.1, 0.15) is 0 Å². The first-order valence-corrected chi connectivity index (χ1v) is 13.4. The number of aryl methyl sites for hydroxylation is 1. The second kappa shape index (κ2) is 10.7. The first-order valence-electron chi connectivity index (χ1n) is 11.1. The molecule has 2 aromatic carbocycles. The molecule has 0 amide bonds. The summed E-state index contributed by atoms with van der Waals surface area (Å²) in [5, 5.41) is 10.7. The molecule has 0 aliphatic heterocycles. The Kier molecular flexibility index (Phi) is 8.40. The third-order valence-corrected chi connectivity index (χ3v) is 8.73. The van der Waals surface area contributed by atoms with Crippen LogP contribution in [0.25, 0.3) is 0 Å². The second-order valence-corrected chi connectivity index (χ2v) is 11.2. The Morgan fingerprint density at radius 3 is 2.44 bits per heavy atom. The number of phenolic OH excluding ortho intramolecular Hbond substituents is 1. The molecular weight excluding hydrogens is 454 g/mol. The molecule has 1 aliphatic carbocycles. The molecule has 2 aromatic rings. The maximum absolute atomic E-state index is 14.8. The van der Waals surface area contributed by atoms with Crippen LogP contribution in [0.2, 0.25) is 5.02 Å². The molecule has 0 radical (unpaired) electrons. The van der Waals surface area contributed by atoms with Crippen LogP contribution in [0.3, 0.4) is 0 Å². The molecular formula is C24H33ClFO5P. The number of benzene rings is 2. The van der Waals surface area contributed by atoms with Crippen LogP contribution in [-0.4, -0.2) is 31.8 Å². The van der Waals surface area contributed by atoms with E-state index in [1.807, 2.05) is 33.8 Å². The van der Waals surface area contributed by atoms with E-state index in [1.54, 1.807) is 19.2 Å². The number of ether oxygens (including phenoxy) is 1. The van der Waals surface area contributed by atoms with Gasteiger partial charge >= 0.3 is 195 Å². The molecule has 8 heteroatoms. The third kappa shape index (κ3) is 5.21. The van der Waals surface area contributed by atoms with Crippen molar-refractivity contribution in [2.45, 2.75) is 52.4 Å². The molecule has 32 heavy (non-hydrogen) atoms. The molecule has 0 fully saturated rings. The number of hydrogen-bond donors (Lipinski definition) is 1. The van der Waals surface area contributed by atoms with E-state index in [0.717, 1.165) is 29.5 Å². The van der Waals surface area contributed by atoms with Crippen molar-refractivity contribution in [3.05, 3.63) is 57.4 Å². The summed E-state index contributed by atoms with van der Waals surface area (Å²) < 4.78 is 37.9. The van der Waals surface area contributed by atoms with Crippen LogP contribution in [0.15, 0.2) is 24.3 Å². The third-order valence-electron chi connectivity index (χ3n) is 5.84. The monoisotopic (exact) mass is 486 g/mol. The van der Waals surface area contributed by atoms with Crippen molar-refractivity contribution in [1.29, 1.82) is 0 Å². The molecule has 1 unspecified atom stereocenters. The summed E-state index contributed by atoms with van der Waals surface area (Å²) >= 11 is 6.68. The summed E-state index contributed by atoms with van der Waals surface area (Å²) in [6, 6.07) is 6.70. The Hall–Kier alpha value is -1.43. The summed E-state index contributed by atoms with van der Waals surface area (Å²) in [4.78, 5) is 0. The molecule has 5 nitrogen and oxygen atoms in total. The Labute approximate surface area is 195 Å². The summed E-state index contributed by atoms with van der Waals surface area (Å²) in [6.07, 6.45) is 1.68. The van der Waals surface area contributed by atoms with Gasteiger partial charge in [0.2, 0.25) is 0 Å². The predicted octanol–water partition coefficient (Wildman–Crippen LogP) is 6.94. The maximum atomic E-state index is 14.8. The molecule has 0 saturated heterocycles. The van der Waals surface area contributed by atoms with Crippen LogP contribution in [0, 0.1) is 5.82 Å². The number of halogens is 2. The van der Waals surface area contributed by atoms with Gasteiger partial charge in [0.25, 0.3) is 0 Å². The van der Waals surface area contributed by atoms with Crippen molar-refractivity contribution >= 4 is 19.5 Å². The first-order chi connectivity index (χ1) is 15.2. The summed E-state index contributed by atoms with van der Waals surface area (Å²) in [5.74, 6) is 0.109. The normalized spacial score (nSPS) is 16.4. The molecule has 0 spiro atoms. The molecule has 3 rings (SSSR count). The van der Waals surface area contributed by atoms with Gasteiger partial charge in [-0.2, -0.15) is 0 Å². The van der Waals surface area contributed by atoms with E-state index in [0.29, 0.717) is 29.5 Å². The topological polar surface area (TPSA) is 57.2 Å². The molecule has 0 bridgehead atoms. The molecule has 0 aromatic heterocycles. The quantitative estimate of drug-likeness (QED) is 0.369. The zero-order valence-corrected chi connectivity index (χ0v) is 21.1. The van der Waals surface area contributed by atoms with Crippen LogP contribution in [0.4, 0.5) is 4.39 Å². The van der Waals surface area contributed by atoms with E-state index in [9.17, 15) is 9.50 Å². The van der Waals surface area contributed by atoms with Gasteiger partial charge in [-0.3, -0.25) is 0 Å². The number of phenols is 1. The van der Waals surface area contributed by atoms with Gasteiger partial charge in [0.15, 0.2) is 0 Å². The molecule has 0 heterocycles. The van der Waals surface area contributed by atoms with E-state index in [1.165, 1.54) is 6.07 Å². The van der Waals surface area contributed by atoms with E-state index < -0.39 is 13.8 Å². The Balaban J connectivity index is 1.88. The van der Waals surface area contributed by atoms with Gasteiger partial charge in [0.05, 0.1) is 0 Å². The fraction of sp³-hybridized carbons (Fsp3) is 0.500. The van der Waals surface area contributed by atoms with Gasteiger partial charge in [-0.05, 0) is 0 Å². The zero-order chi connectivity index (χ0) is 23.5. The van der Waals surface area contributed by atoms with Crippen LogP contribution in [-0.2, 0) is 20.0 Å². The fourth-order valence-electron chi connectivity index (χ4n) is 4.32. The van der Waals surface area contributed by atoms with Crippen molar-refractivity contribution < 1.29 is 27.8 Å². The van der Waals surface area contributed by atoms with E-state index >= 15 is 0 Å². The van der Waals surface area contributed by atoms with E-state index in [2.05, 4.69) is 0 Å². The minimum atomic E-state index is -2.93. The molecule has 178 valence electrons. The van der Waals surface area contributed by atoms with Gasteiger partial charge < -0.3 is 0 Å².